The SMILES string of the molecule is CC[C@H](C)c1nc2ccc(Br)cc2c(=O)n1N=Cc1cccn1-c1cccc(C)c1. The molecule has 0 radical (unpaired) electrons. The minimum Gasteiger partial charge on any atom is -0.316 e. The second-order valence-corrected chi connectivity index (χ2v) is 8.36. The van der Waals surface area contributed by atoms with Gasteiger partial charge in [0.05, 0.1) is 22.8 Å². The molecule has 0 amide bonds. The zero-order chi connectivity index (χ0) is 21.3. The molecule has 0 aliphatic rings. The second-order valence-electron chi connectivity index (χ2n) is 7.44. The summed E-state index contributed by atoms with van der Waals surface area (Å²) in [6.07, 6.45) is 4.58. The lowest BCUT2D eigenvalue weighted by molar-refractivity contribution is 0.613. The molecule has 4 aromatic rings. The van der Waals surface area contributed by atoms with Gasteiger partial charge in [0, 0.05) is 22.3 Å². The molecule has 152 valence electrons. The third kappa shape index (κ3) is 3.87. The molecule has 5 nitrogen and oxygen atoms in total. The molecule has 2 heterocycles. The summed E-state index contributed by atoms with van der Waals surface area (Å²) in [6, 6.07) is 17.8. The normalized spacial score (nSPS) is 12.7. The molecule has 0 aliphatic heterocycles. The summed E-state index contributed by atoms with van der Waals surface area (Å²) in [5, 5.41) is 5.13. The first-order valence-corrected chi connectivity index (χ1v) is 10.8. The number of rotatable bonds is 5. The van der Waals surface area contributed by atoms with Crippen LogP contribution in [0.4, 0.5) is 0 Å². The smallest absolute Gasteiger partial charge is 0.282 e. The molecule has 0 bridgehead atoms. The zero-order valence-corrected chi connectivity index (χ0v) is 18.8. The van der Waals surface area contributed by atoms with Gasteiger partial charge in [0.1, 0.15) is 5.82 Å². The number of nitrogens with zero attached hydrogens (tertiary/aromatic N) is 4. The lowest BCUT2D eigenvalue weighted by Gasteiger charge is -2.14. The van der Waals surface area contributed by atoms with Gasteiger partial charge in [0.2, 0.25) is 0 Å². The van der Waals surface area contributed by atoms with Crippen molar-refractivity contribution in [3.8, 4) is 5.69 Å². The summed E-state index contributed by atoms with van der Waals surface area (Å²) in [5.74, 6) is 0.772. The maximum Gasteiger partial charge on any atom is 0.282 e. The molecule has 0 spiro atoms. The molecular formula is C24H23BrN4O. The van der Waals surface area contributed by atoms with E-state index >= 15 is 0 Å². The summed E-state index contributed by atoms with van der Waals surface area (Å²) in [7, 11) is 0. The van der Waals surface area contributed by atoms with Gasteiger partial charge in [-0.05, 0) is 61.4 Å². The Hall–Kier alpha value is -2.99. The van der Waals surface area contributed by atoms with Crippen LogP contribution in [0.2, 0.25) is 0 Å². The first-order valence-electron chi connectivity index (χ1n) is 9.99. The molecule has 6 heteroatoms. The van der Waals surface area contributed by atoms with E-state index in [-0.39, 0.29) is 11.5 Å². The first kappa shape index (κ1) is 20.3. The fourth-order valence-corrected chi connectivity index (χ4v) is 3.77. The number of fused-ring (bicyclic) bond motifs is 1. The van der Waals surface area contributed by atoms with E-state index in [0.29, 0.717) is 16.7 Å². The van der Waals surface area contributed by atoms with Gasteiger partial charge in [-0.2, -0.15) is 9.78 Å². The fraction of sp³-hybridized carbons (Fsp3) is 0.208. The van der Waals surface area contributed by atoms with Crippen molar-refractivity contribution < 1.29 is 0 Å². The van der Waals surface area contributed by atoms with Crippen LogP contribution in [0.25, 0.3) is 16.6 Å². The van der Waals surface area contributed by atoms with E-state index in [1.54, 1.807) is 12.3 Å². The topological polar surface area (TPSA) is 52.2 Å². The number of aromatic nitrogens is 3. The quantitative estimate of drug-likeness (QED) is 0.359. The Morgan fingerprint density at radius 2 is 2.00 bits per heavy atom. The highest BCUT2D eigenvalue weighted by Gasteiger charge is 2.15. The second kappa shape index (κ2) is 8.40. The van der Waals surface area contributed by atoms with Crippen LogP contribution < -0.4 is 5.56 Å². The molecule has 2 aromatic heterocycles. The Morgan fingerprint density at radius 3 is 2.77 bits per heavy atom. The number of hydrogen-bond donors (Lipinski definition) is 0. The van der Waals surface area contributed by atoms with E-state index in [9.17, 15) is 4.79 Å². The average molecular weight is 463 g/mol. The lowest BCUT2D eigenvalue weighted by Crippen LogP contribution is -2.24. The lowest BCUT2D eigenvalue weighted by atomic mass is 10.1. The van der Waals surface area contributed by atoms with Crippen molar-refractivity contribution >= 4 is 33.0 Å². The van der Waals surface area contributed by atoms with Crippen LogP contribution in [-0.2, 0) is 0 Å². The molecule has 0 N–H and O–H groups in total. The van der Waals surface area contributed by atoms with Crippen LogP contribution in [0.3, 0.4) is 0 Å². The van der Waals surface area contributed by atoms with Gasteiger partial charge in [-0.3, -0.25) is 4.79 Å². The number of benzene rings is 2. The van der Waals surface area contributed by atoms with E-state index < -0.39 is 0 Å². The fourth-order valence-electron chi connectivity index (χ4n) is 3.41. The van der Waals surface area contributed by atoms with Crippen molar-refractivity contribution in [3.63, 3.8) is 0 Å². The predicted molar refractivity (Wildman–Crippen MR) is 126 cm³/mol. The third-order valence-electron chi connectivity index (χ3n) is 5.25. The third-order valence-corrected chi connectivity index (χ3v) is 5.75. The average Bonchev–Trinajstić information content (AvgIpc) is 3.21. The largest absolute Gasteiger partial charge is 0.316 e. The monoisotopic (exact) mass is 462 g/mol. The van der Waals surface area contributed by atoms with Gasteiger partial charge >= 0.3 is 0 Å². The first-order chi connectivity index (χ1) is 14.5. The van der Waals surface area contributed by atoms with Crippen molar-refractivity contribution in [1.29, 1.82) is 0 Å². The van der Waals surface area contributed by atoms with Crippen molar-refractivity contribution in [2.75, 3.05) is 0 Å². The van der Waals surface area contributed by atoms with Crippen LogP contribution in [0, 0.1) is 6.92 Å². The van der Waals surface area contributed by atoms with Gasteiger partial charge in [0.25, 0.3) is 5.56 Å². The van der Waals surface area contributed by atoms with E-state index in [2.05, 4.69) is 64.6 Å². The van der Waals surface area contributed by atoms with Gasteiger partial charge in [0.15, 0.2) is 0 Å². The van der Waals surface area contributed by atoms with Crippen LogP contribution in [-0.4, -0.2) is 20.4 Å². The molecule has 1 atom stereocenters. The molecule has 0 unspecified atom stereocenters. The molecule has 30 heavy (non-hydrogen) atoms. The van der Waals surface area contributed by atoms with Crippen LogP contribution in [0.1, 0.15) is 43.3 Å². The van der Waals surface area contributed by atoms with Gasteiger partial charge in [-0.1, -0.05) is 41.9 Å². The molecule has 0 saturated carbocycles. The maximum absolute atomic E-state index is 13.3. The molecule has 0 aliphatic carbocycles. The standard InChI is InChI=1S/C24H23BrN4O/c1-4-17(3)23-27-22-11-10-18(25)14-21(22)24(30)29(23)26-15-20-9-6-12-28(20)19-8-5-7-16(2)13-19/h5-15,17H,4H2,1-3H3/t17-/m0/s1. The highest BCUT2D eigenvalue weighted by Crippen LogP contribution is 2.21. The Balaban J connectivity index is 1.85. The van der Waals surface area contributed by atoms with Crippen molar-refractivity contribution in [2.45, 2.75) is 33.1 Å². The minimum atomic E-state index is -0.165. The Labute approximate surface area is 183 Å². The molecule has 4 rings (SSSR count). The highest BCUT2D eigenvalue weighted by atomic mass is 79.9. The van der Waals surface area contributed by atoms with Gasteiger partial charge < -0.3 is 4.57 Å². The van der Waals surface area contributed by atoms with Crippen molar-refractivity contribution in [3.05, 3.63) is 92.7 Å². The molecule has 0 fully saturated rings. The summed E-state index contributed by atoms with van der Waals surface area (Å²) < 4.78 is 4.33. The number of hydrogen-bond acceptors (Lipinski definition) is 3. The Bertz CT molecular complexity index is 1300. The molecule has 0 saturated heterocycles. The highest BCUT2D eigenvalue weighted by molar-refractivity contribution is 9.10. The van der Waals surface area contributed by atoms with E-state index in [0.717, 1.165) is 22.3 Å². The van der Waals surface area contributed by atoms with Crippen LogP contribution >= 0.6 is 15.9 Å². The summed E-state index contributed by atoms with van der Waals surface area (Å²) >= 11 is 3.45. The molecule has 2 aromatic carbocycles. The van der Waals surface area contributed by atoms with Gasteiger partial charge in [-0.15, -0.1) is 0 Å². The summed E-state index contributed by atoms with van der Waals surface area (Å²) in [4.78, 5) is 18.0. The molecular weight excluding hydrogens is 440 g/mol. The van der Waals surface area contributed by atoms with Crippen molar-refractivity contribution in [1.82, 2.24) is 14.2 Å². The Morgan fingerprint density at radius 1 is 1.17 bits per heavy atom. The summed E-state index contributed by atoms with van der Waals surface area (Å²) in [6.45, 7) is 6.21. The van der Waals surface area contributed by atoms with E-state index in [1.807, 2.05) is 36.5 Å². The number of halogens is 1. The Kier molecular flexibility index (Phi) is 5.68. The number of aryl methyl sites for hydroxylation is 1. The maximum atomic E-state index is 13.3. The van der Waals surface area contributed by atoms with E-state index in [1.165, 1.54) is 10.2 Å². The van der Waals surface area contributed by atoms with Crippen LogP contribution in [0.5, 0.6) is 0 Å². The van der Waals surface area contributed by atoms with Crippen molar-refractivity contribution in [2.24, 2.45) is 5.10 Å². The zero-order valence-electron chi connectivity index (χ0n) is 17.2. The minimum absolute atomic E-state index is 0.103. The summed E-state index contributed by atoms with van der Waals surface area (Å²) in [5.41, 5.74) is 3.65. The predicted octanol–water partition coefficient (Wildman–Crippen LogP) is 5.65. The van der Waals surface area contributed by atoms with Crippen LogP contribution in [0.15, 0.2) is 75.2 Å². The van der Waals surface area contributed by atoms with E-state index in [4.69, 9.17) is 4.98 Å². The van der Waals surface area contributed by atoms with Gasteiger partial charge in [-0.25, -0.2) is 4.98 Å².